The van der Waals surface area contributed by atoms with Gasteiger partial charge in [0.05, 0.1) is 6.04 Å². The van der Waals surface area contributed by atoms with Crippen molar-refractivity contribution in [1.29, 1.82) is 5.26 Å². The number of pyridine rings is 1. The molecule has 0 radical (unpaired) electrons. The first-order valence-corrected chi connectivity index (χ1v) is 9.78. The van der Waals surface area contributed by atoms with Crippen molar-refractivity contribution < 1.29 is 14.3 Å². The van der Waals surface area contributed by atoms with Crippen molar-refractivity contribution in [2.45, 2.75) is 53.5 Å². The molecule has 1 atom stereocenters. The second-order valence-electron chi connectivity index (χ2n) is 7.46. The van der Waals surface area contributed by atoms with Crippen molar-refractivity contribution in [1.82, 2.24) is 10.3 Å². The van der Waals surface area contributed by atoms with E-state index in [1.54, 1.807) is 13.8 Å². The number of aromatic nitrogens is 1. The Hall–Kier alpha value is -3.40. The number of carbonyl (C=O) groups is 2. The van der Waals surface area contributed by atoms with E-state index in [1.807, 2.05) is 45.0 Å². The van der Waals surface area contributed by atoms with Gasteiger partial charge in [0.1, 0.15) is 11.6 Å². The smallest absolute Gasteiger partial charge is 0.306 e. The molecule has 2 N–H and O–H groups in total. The highest BCUT2D eigenvalue weighted by molar-refractivity contribution is 5.81. The topological polar surface area (TPSA) is 112 Å². The second kappa shape index (κ2) is 9.88. The van der Waals surface area contributed by atoms with Gasteiger partial charge in [0.15, 0.2) is 6.61 Å². The number of aromatic amines is 1. The number of esters is 1. The van der Waals surface area contributed by atoms with Crippen molar-refractivity contribution in [2.24, 2.45) is 0 Å². The molecule has 30 heavy (non-hydrogen) atoms. The normalized spacial score (nSPS) is 11.5. The molecule has 158 valence electrons. The first-order chi connectivity index (χ1) is 14.1. The first-order valence-electron chi connectivity index (χ1n) is 9.78. The summed E-state index contributed by atoms with van der Waals surface area (Å²) in [6, 6.07) is 7.67. The Bertz CT molecular complexity index is 1060. The molecule has 1 aromatic heterocycles. The van der Waals surface area contributed by atoms with Gasteiger partial charge < -0.3 is 15.0 Å². The third-order valence-electron chi connectivity index (χ3n) is 5.27. The number of aryl methyl sites for hydroxylation is 3. The number of rotatable bonds is 7. The number of nitrogens with zero attached hydrogens (tertiary/aromatic N) is 1. The number of H-pyrrole nitrogens is 1. The molecule has 0 aliphatic carbocycles. The molecule has 1 aromatic carbocycles. The molecule has 2 aromatic rings. The fourth-order valence-electron chi connectivity index (χ4n) is 3.27. The second-order valence-corrected chi connectivity index (χ2v) is 7.46. The molecule has 1 amide bonds. The SMILES string of the molecule is Cc1ccc([C@H](C)NC(=O)COC(=O)CCc2c(C)[nH]c(=O)c(C#N)c2C)cc1C. The predicted molar refractivity (Wildman–Crippen MR) is 113 cm³/mol. The van der Waals surface area contributed by atoms with E-state index in [0.29, 0.717) is 17.7 Å². The third-order valence-corrected chi connectivity index (χ3v) is 5.27. The first kappa shape index (κ1) is 22.9. The number of nitriles is 1. The number of nitrogens with one attached hydrogen (secondary N) is 2. The monoisotopic (exact) mass is 409 g/mol. The van der Waals surface area contributed by atoms with Crippen LogP contribution in [0.2, 0.25) is 0 Å². The van der Waals surface area contributed by atoms with Crippen LogP contribution < -0.4 is 10.9 Å². The Morgan fingerprint density at radius 1 is 1.20 bits per heavy atom. The lowest BCUT2D eigenvalue weighted by Gasteiger charge is -2.16. The van der Waals surface area contributed by atoms with Crippen LogP contribution in [0.5, 0.6) is 0 Å². The number of carbonyl (C=O) groups excluding carboxylic acids is 2. The average molecular weight is 409 g/mol. The van der Waals surface area contributed by atoms with E-state index in [4.69, 9.17) is 10.00 Å². The quantitative estimate of drug-likeness (QED) is 0.683. The molecule has 2 rings (SSSR count). The molecule has 0 saturated carbocycles. The van der Waals surface area contributed by atoms with Crippen LogP contribution in [0.15, 0.2) is 23.0 Å². The van der Waals surface area contributed by atoms with Crippen LogP contribution in [0.1, 0.15) is 58.5 Å². The van der Waals surface area contributed by atoms with E-state index in [9.17, 15) is 14.4 Å². The molecule has 0 aliphatic rings. The summed E-state index contributed by atoms with van der Waals surface area (Å²) >= 11 is 0. The highest BCUT2D eigenvalue weighted by Gasteiger charge is 2.15. The summed E-state index contributed by atoms with van der Waals surface area (Å²) in [5, 5.41) is 11.9. The molecule has 0 saturated heterocycles. The van der Waals surface area contributed by atoms with Gasteiger partial charge in [-0.1, -0.05) is 18.2 Å². The largest absolute Gasteiger partial charge is 0.456 e. The van der Waals surface area contributed by atoms with Crippen LogP contribution in [0, 0.1) is 39.0 Å². The maximum absolute atomic E-state index is 12.1. The zero-order valence-corrected chi connectivity index (χ0v) is 18.0. The summed E-state index contributed by atoms with van der Waals surface area (Å²) < 4.78 is 5.08. The molecular weight excluding hydrogens is 382 g/mol. The highest BCUT2D eigenvalue weighted by Crippen LogP contribution is 2.17. The van der Waals surface area contributed by atoms with Crippen LogP contribution >= 0.6 is 0 Å². The van der Waals surface area contributed by atoms with E-state index >= 15 is 0 Å². The number of ether oxygens (including phenoxy) is 1. The molecule has 0 bridgehead atoms. The van der Waals surface area contributed by atoms with Gasteiger partial charge in [-0.2, -0.15) is 5.26 Å². The molecule has 7 nitrogen and oxygen atoms in total. The number of hydrogen-bond donors (Lipinski definition) is 2. The van der Waals surface area contributed by atoms with Crippen molar-refractivity contribution in [3.05, 3.63) is 67.6 Å². The van der Waals surface area contributed by atoms with E-state index in [0.717, 1.165) is 16.7 Å². The van der Waals surface area contributed by atoms with Crippen LogP contribution in [-0.4, -0.2) is 23.5 Å². The fraction of sp³-hybridized carbons (Fsp3) is 0.391. The minimum Gasteiger partial charge on any atom is -0.456 e. The summed E-state index contributed by atoms with van der Waals surface area (Å²) in [7, 11) is 0. The maximum Gasteiger partial charge on any atom is 0.306 e. The van der Waals surface area contributed by atoms with E-state index in [1.165, 1.54) is 5.56 Å². The van der Waals surface area contributed by atoms with E-state index in [2.05, 4.69) is 10.3 Å². The van der Waals surface area contributed by atoms with Gasteiger partial charge in [0.25, 0.3) is 11.5 Å². The lowest BCUT2D eigenvalue weighted by Crippen LogP contribution is -2.31. The summed E-state index contributed by atoms with van der Waals surface area (Å²) in [6.45, 7) is 8.96. The van der Waals surface area contributed by atoms with Crippen molar-refractivity contribution in [2.75, 3.05) is 6.61 Å². The van der Waals surface area contributed by atoms with Crippen LogP contribution in [0.4, 0.5) is 0 Å². The molecule has 1 heterocycles. The van der Waals surface area contributed by atoms with Gasteiger partial charge in [0.2, 0.25) is 0 Å². The molecule has 0 spiro atoms. The van der Waals surface area contributed by atoms with Gasteiger partial charge >= 0.3 is 5.97 Å². The van der Waals surface area contributed by atoms with Gasteiger partial charge in [-0.05, 0) is 68.9 Å². The standard InChI is InChI=1S/C23H27N3O4/c1-13-6-7-18(10-14(13)2)16(4)25-21(27)12-30-22(28)9-8-19-15(3)20(11-24)23(29)26-17(19)5/h6-7,10,16H,8-9,12H2,1-5H3,(H,25,27)(H,26,29)/t16-/m0/s1. The predicted octanol–water partition coefficient (Wildman–Crippen LogP) is 2.83. The number of hydrogen-bond acceptors (Lipinski definition) is 5. The lowest BCUT2D eigenvalue weighted by atomic mass is 9.99. The maximum atomic E-state index is 12.1. The van der Waals surface area contributed by atoms with Gasteiger partial charge in [0, 0.05) is 12.1 Å². The molecular formula is C23H27N3O4. The van der Waals surface area contributed by atoms with Crippen molar-refractivity contribution >= 4 is 11.9 Å². The fourth-order valence-corrected chi connectivity index (χ4v) is 3.27. The van der Waals surface area contributed by atoms with Crippen LogP contribution in [-0.2, 0) is 20.7 Å². The Kier molecular flexibility index (Phi) is 7.54. The van der Waals surface area contributed by atoms with Crippen LogP contribution in [0.3, 0.4) is 0 Å². The summed E-state index contributed by atoms with van der Waals surface area (Å²) in [6.07, 6.45) is 0.348. The zero-order chi connectivity index (χ0) is 22.4. The molecule has 7 heteroatoms. The lowest BCUT2D eigenvalue weighted by molar-refractivity contribution is -0.148. The summed E-state index contributed by atoms with van der Waals surface area (Å²) in [4.78, 5) is 38.6. The number of benzene rings is 1. The Labute approximate surface area is 176 Å². The zero-order valence-electron chi connectivity index (χ0n) is 18.0. The highest BCUT2D eigenvalue weighted by atomic mass is 16.5. The summed E-state index contributed by atoms with van der Waals surface area (Å²) in [5.41, 5.74) is 4.83. The van der Waals surface area contributed by atoms with Gasteiger partial charge in [-0.3, -0.25) is 14.4 Å². The number of amides is 1. The Morgan fingerprint density at radius 3 is 2.53 bits per heavy atom. The molecule has 0 fully saturated rings. The molecule has 0 aliphatic heterocycles. The van der Waals surface area contributed by atoms with Crippen molar-refractivity contribution in [3.63, 3.8) is 0 Å². The average Bonchev–Trinajstić information content (AvgIpc) is 2.68. The van der Waals surface area contributed by atoms with Crippen LogP contribution in [0.25, 0.3) is 0 Å². The Morgan fingerprint density at radius 2 is 1.90 bits per heavy atom. The van der Waals surface area contributed by atoms with Gasteiger partial charge in [-0.15, -0.1) is 0 Å². The van der Waals surface area contributed by atoms with Gasteiger partial charge in [-0.25, -0.2) is 0 Å². The van der Waals surface area contributed by atoms with Crippen molar-refractivity contribution in [3.8, 4) is 6.07 Å². The minimum atomic E-state index is -0.521. The van der Waals surface area contributed by atoms with E-state index in [-0.39, 0.29) is 30.5 Å². The molecule has 0 unspecified atom stereocenters. The van der Waals surface area contributed by atoms with E-state index < -0.39 is 11.5 Å². The Balaban J connectivity index is 1.88. The third kappa shape index (κ3) is 5.57. The minimum absolute atomic E-state index is 0.0403. The summed E-state index contributed by atoms with van der Waals surface area (Å²) in [5.74, 6) is -0.898.